The Morgan fingerprint density at radius 1 is 1.28 bits per heavy atom. The third kappa shape index (κ3) is 2.36. The Kier molecular flexibility index (Phi) is 3.62. The molecule has 0 heterocycles. The van der Waals surface area contributed by atoms with E-state index in [0.29, 0.717) is 13.0 Å². The van der Waals surface area contributed by atoms with Crippen molar-refractivity contribution < 1.29 is 14.3 Å². The molecule has 0 bridgehead atoms. The Labute approximate surface area is 107 Å². The lowest BCUT2D eigenvalue weighted by Gasteiger charge is -2.20. The van der Waals surface area contributed by atoms with Gasteiger partial charge in [0.2, 0.25) is 0 Å². The van der Waals surface area contributed by atoms with E-state index < -0.39 is 5.41 Å². The van der Waals surface area contributed by atoms with Gasteiger partial charge in [0.05, 0.1) is 13.2 Å². The van der Waals surface area contributed by atoms with Gasteiger partial charge in [-0.05, 0) is 12.5 Å². The van der Waals surface area contributed by atoms with Crippen LogP contribution in [0, 0.1) is 11.3 Å². The first-order valence-corrected chi connectivity index (χ1v) is 6.23. The molecule has 0 radical (unpaired) electrons. The smallest absolute Gasteiger partial charge is 0.151 e. The minimum Gasteiger partial charge on any atom is -0.375 e. The zero-order valence-electron chi connectivity index (χ0n) is 10.8. The van der Waals surface area contributed by atoms with Gasteiger partial charge in [0.25, 0.3) is 0 Å². The predicted molar refractivity (Wildman–Crippen MR) is 68.0 cm³/mol. The first kappa shape index (κ1) is 13.0. The zero-order chi connectivity index (χ0) is 13.2. The van der Waals surface area contributed by atoms with E-state index in [-0.39, 0.29) is 24.1 Å². The molecule has 1 fully saturated rings. The van der Waals surface area contributed by atoms with Crippen molar-refractivity contribution in [3.63, 3.8) is 0 Å². The van der Waals surface area contributed by atoms with E-state index in [1.54, 1.807) is 6.92 Å². The lowest BCUT2D eigenvalue weighted by Crippen LogP contribution is -2.35. The van der Waals surface area contributed by atoms with Crippen molar-refractivity contribution >= 4 is 11.6 Å². The summed E-state index contributed by atoms with van der Waals surface area (Å²) in [5.41, 5.74) is 0.112. The second kappa shape index (κ2) is 5.02. The highest BCUT2D eigenvalue weighted by Crippen LogP contribution is 2.35. The Morgan fingerprint density at radius 3 is 2.50 bits per heavy atom. The maximum atomic E-state index is 12.0. The van der Waals surface area contributed by atoms with Crippen LogP contribution in [-0.2, 0) is 20.9 Å². The molecule has 96 valence electrons. The van der Waals surface area contributed by atoms with Crippen molar-refractivity contribution in [3.05, 3.63) is 35.9 Å². The Morgan fingerprint density at radius 2 is 1.94 bits per heavy atom. The van der Waals surface area contributed by atoms with E-state index in [4.69, 9.17) is 4.74 Å². The van der Waals surface area contributed by atoms with Gasteiger partial charge in [-0.3, -0.25) is 9.59 Å². The molecule has 0 unspecified atom stereocenters. The number of Topliss-reactive ketones (excluding diaryl/α,β-unsaturated/α-hetero) is 2. The van der Waals surface area contributed by atoms with Crippen LogP contribution in [0.15, 0.2) is 30.3 Å². The number of benzene rings is 1. The SMILES string of the molecule is C[C@@H]1CC(=O)[C@](C)(COCc2ccccc2)C1=O. The lowest BCUT2D eigenvalue weighted by molar-refractivity contribution is -0.138. The van der Waals surface area contributed by atoms with E-state index in [9.17, 15) is 9.59 Å². The molecule has 2 atom stereocenters. The van der Waals surface area contributed by atoms with Crippen LogP contribution in [0.3, 0.4) is 0 Å². The van der Waals surface area contributed by atoms with Crippen LogP contribution in [0.1, 0.15) is 25.8 Å². The van der Waals surface area contributed by atoms with Gasteiger partial charge in [-0.1, -0.05) is 37.3 Å². The Hall–Kier alpha value is -1.48. The highest BCUT2D eigenvalue weighted by molar-refractivity contribution is 6.13. The molecule has 1 aromatic carbocycles. The minimum atomic E-state index is -0.936. The molecule has 2 rings (SSSR count). The quantitative estimate of drug-likeness (QED) is 0.766. The number of ketones is 2. The fourth-order valence-electron chi connectivity index (χ4n) is 2.38. The van der Waals surface area contributed by atoms with Crippen LogP contribution in [0.4, 0.5) is 0 Å². The number of hydrogen-bond acceptors (Lipinski definition) is 3. The predicted octanol–water partition coefficient (Wildman–Crippen LogP) is 2.39. The number of hydrogen-bond donors (Lipinski definition) is 0. The molecule has 0 spiro atoms. The summed E-state index contributed by atoms with van der Waals surface area (Å²) in [6.07, 6.45) is 0.351. The first-order chi connectivity index (χ1) is 8.54. The van der Waals surface area contributed by atoms with Crippen molar-refractivity contribution in [1.29, 1.82) is 0 Å². The molecule has 3 nitrogen and oxygen atoms in total. The molecule has 18 heavy (non-hydrogen) atoms. The van der Waals surface area contributed by atoms with Gasteiger partial charge in [-0.2, -0.15) is 0 Å². The van der Waals surface area contributed by atoms with Gasteiger partial charge in [0, 0.05) is 12.3 Å². The molecule has 3 heteroatoms. The Balaban J connectivity index is 1.94. The molecule has 0 N–H and O–H groups in total. The van der Waals surface area contributed by atoms with Gasteiger partial charge in [-0.15, -0.1) is 0 Å². The molecular weight excluding hydrogens is 228 g/mol. The van der Waals surface area contributed by atoms with Crippen LogP contribution in [0.2, 0.25) is 0 Å². The number of rotatable bonds is 4. The topological polar surface area (TPSA) is 43.4 Å². The normalized spacial score (nSPS) is 27.8. The maximum Gasteiger partial charge on any atom is 0.151 e. The van der Waals surface area contributed by atoms with Crippen LogP contribution in [-0.4, -0.2) is 18.2 Å². The maximum absolute atomic E-state index is 12.0. The molecule has 0 aromatic heterocycles. The molecule has 0 amide bonds. The summed E-state index contributed by atoms with van der Waals surface area (Å²) in [7, 11) is 0. The van der Waals surface area contributed by atoms with Crippen molar-refractivity contribution in [2.45, 2.75) is 26.9 Å². The molecule has 1 aliphatic rings. The number of carbonyl (C=O) groups excluding carboxylic acids is 2. The average molecular weight is 246 g/mol. The van der Waals surface area contributed by atoms with Crippen molar-refractivity contribution in [2.75, 3.05) is 6.61 Å². The Bertz CT molecular complexity index is 452. The van der Waals surface area contributed by atoms with Crippen LogP contribution >= 0.6 is 0 Å². The second-order valence-electron chi connectivity index (χ2n) is 5.20. The standard InChI is InChI=1S/C15H18O3/c1-11-8-13(16)15(2,14(11)17)10-18-9-12-6-4-3-5-7-12/h3-7,11H,8-10H2,1-2H3/t11-,15+/m1/s1. The summed E-state index contributed by atoms with van der Waals surface area (Å²) in [4.78, 5) is 23.8. The van der Waals surface area contributed by atoms with Crippen LogP contribution < -0.4 is 0 Å². The monoisotopic (exact) mass is 246 g/mol. The molecule has 1 saturated carbocycles. The molecule has 1 aliphatic carbocycles. The van der Waals surface area contributed by atoms with E-state index in [1.165, 1.54) is 0 Å². The molecule has 0 aliphatic heterocycles. The minimum absolute atomic E-state index is 0.00746. The van der Waals surface area contributed by atoms with E-state index in [1.807, 2.05) is 37.3 Å². The van der Waals surface area contributed by atoms with Crippen LogP contribution in [0.5, 0.6) is 0 Å². The van der Waals surface area contributed by atoms with Gasteiger partial charge in [-0.25, -0.2) is 0 Å². The lowest BCUT2D eigenvalue weighted by atomic mass is 9.87. The summed E-state index contributed by atoms with van der Waals surface area (Å²) >= 11 is 0. The van der Waals surface area contributed by atoms with Crippen molar-refractivity contribution in [2.24, 2.45) is 11.3 Å². The van der Waals surface area contributed by atoms with Gasteiger partial charge in [0.15, 0.2) is 5.78 Å². The summed E-state index contributed by atoms with van der Waals surface area (Å²) in [6, 6.07) is 9.74. The average Bonchev–Trinajstić information content (AvgIpc) is 2.55. The summed E-state index contributed by atoms with van der Waals surface area (Å²) in [5, 5.41) is 0. The fraction of sp³-hybridized carbons (Fsp3) is 0.467. The van der Waals surface area contributed by atoms with Crippen LogP contribution in [0.25, 0.3) is 0 Å². The third-order valence-electron chi connectivity index (χ3n) is 3.60. The third-order valence-corrected chi connectivity index (χ3v) is 3.60. The number of ether oxygens (including phenoxy) is 1. The zero-order valence-corrected chi connectivity index (χ0v) is 10.8. The summed E-state index contributed by atoms with van der Waals surface area (Å²) < 4.78 is 5.55. The highest BCUT2D eigenvalue weighted by atomic mass is 16.5. The van der Waals surface area contributed by atoms with Gasteiger partial charge < -0.3 is 4.74 Å². The van der Waals surface area contributed by atoms with Gasteiger partial charge >= 0.3 is 0 Å². The largest absolute Gasteiger partial charge is 0.375 e. The van der Waals surface area contributed by atoms with E-state index in [2.05, 4.69) is 0 Å². The fourth-order valence-corrected chi connectivity index (χ4v) is 2.38. The number of carbonyl (C=O) groups is 2. The van der Waals surface area contributed by atoms with Crippen molar-refractivity contribution in [3.8, 4) is 0 Å². The second-order valence-corrected chi connectivity index (χ2v) is 5.20. The van der Waals surface area contributed by atoms with Crippen molar-refractivity contribution in [1.82, 2.24) is 0 Å². The van der Waals surface area contributed by atoms with E-state index >= 15 is 0 Å². The molecule has 0 saturated heterocycles. The van der Waals surface area contributed by atoms with E-state index in [0.717, 1.165) is 5.56 Å². The van der Waals surface area contributed by atoms with Gasteiger partial charge in [0.1, 0.15) is 11.2 Å². The highest BCUT2D eigenvalue weighted by Gasteiger charge is 2.49. The molecule has 1 aromatic rings. The molecular formula is C15H18O3. The first-order valence-electron chi connectivity index (χ1n) is 6.23. The summed E-state index contributed by atoms with van der Waals surface area (Å²) in [5.74, 6) is -0.142. The summed E-state index contributed by atoms with van der Waals surface area (Å²) in [6.45, 7) is 4.13.